The number of nitrogens with one attached hydrogen (secondary N) is 2. The molecule has 114 valence electrons. The van der Waals surface area contributed by atoms with E-state index in [0.717, 1.165) is 19.3 Å². The van der Waals surface area contributed by atoms with E-state index in [1.165, 1.54) is 12.8 Å². The van der Waals surface area contributed by atoms with Gasteiger partial charge < -0.3 is 15.7 Å². The summed E-state index contributed by atoms with van der Waals surface area (Å²) in [5.74, 6) is -1.04. The lowest BCUT2D eigenvalue weighted by Gasteiger charge is -2.29. The van der Waals surface area contributed by atoms with E-state index in [1.807, 2.05) is 11.8 Å². The maximum absolute atomic E-state index is 12.0. The third-order valence-corrected chi connectivity index (χ3v) is 5.51. The molecule has 2 fully saturated rings. The molecule has 2 aliphatic carbocycles. The van der Waals surface area contributed by atoms with Crippen LogP contribution in [0.2, 0.25) is 0 Å². The maximum atomic E-state index is 12.0. The third-order valence-electron chi connectivity index (χ3n) is 4.41. The van der Waals surface area contributed by atoms with E-state index in [0.29, 0.717) is 18.1 Å². The van der Waals surface area contributed by atoms with Crippen LogP contribution < -0.4 is 10.6 Å². The van der Waals surface area contributed by atoms with Gasteiger partial charge >= 0.3 is 12.0 Å². The molecule has 2 unspecified atom stereocenters. The highest BCUT2D eigenvalue weighted by atomic mass is 32.2. The van der Waals surface area contributed by atoms with Crippen molar-refractivity contribution in [3.05, 3.63) is 0 Å². The van der Waals surface area contributed by atoms with E-state index < -0.39 is 5.97 Å². The molecule has 2 rings (SSSR count). The summed E-state index contributed by atoms with van der Waals surface area (Å²) in [6.45, 7) is 0. The van der Waals surface area contributed by atoms with Crippen molar-refractivity contribution >= 4 is 23.8 Å². The number of hydrogen-bond donors (Lipinski definition) is 3. The Morgan fingerprint density at radius 1 is 1.05 bits per heavy atom. The third kappa shape index (κ3) is 4.30. The minimum Gasteiger partial charge on any atom is -0.481 e. The van der Waals surface area contributed by atoms with Gasteiger partial charge in [-0.1, -0.05) is 6.42 Å². The molecule has 0 bridgehead atoms. The SMILES string of the molecule is CSC1CCCC(NC(=O)N[C@H]2CC[C@@H](C(=O)O)C2)C1. The molecule has 6 heteroatoms. The van der Waals surface area contributed by atoms with Crippen LogP contribution in [0, 0.1) is 5.92 Å². The number of carboxylic acids is 1. The fourth-order valence-electron chi connectivity index (χ4n) is 3.24. The fourth-order valence-corrected chi connectivity index (χ4v) is 4.07. The molecule has 0 aromatic rings. The maximum Gasteiger partial charge on any atom is 0.315 e. The van der Waals surface area contributed by atoms with Gasteiger partial charge in [0.15, 0.2) is 0 Å². The Kier molecular flexibility index (Phi) is 5.57. The van der Waals surface area contributed by atoms with Gasteiger partial charge in [0, 0.05) is 17.3 Å². The number of aliphatic carboxylic acids is 1. The number of hydrogen-bond acceptors (Lipinski definition) is 3. The Balaban J connectivity index is 1.71. The lowest BCUT2D eigenvalue weighted by Crippen LogP contribution is -2.47. The van der Waals surface area contributed by atoms with Crippen LogP contribution in [-0.4, -0.2) is 40.7 Å². The smallest absolute Gasteiger partial charge is 0.315 e. The highest BCUT2D eigenvalue weighted by molar-refractivity contribution is 7.99. The number of carbonyl (C=O) groups is 2. The van der Waals surface area contributed by atoms with Gasteiger partial charge in [0.2, 0.25) is 0 Å². The minimum absolute atomic E-state index is 0.0102. The topological polar surface area (TPSA) is 78.4 Å². The van der Waals surface area contributed by atoms with Crippen LogP contribution in [0.25, 0.3) is 0 Å². The molecule has 0 heterocycles. The number of urea groups is 1. The van der Waals surface area contributed by atoms with E-state index in [-0.39, 0.29) is 24.0 Å². The zero-order valence-electron chi connectivity index (χ0n) is 11.9. The summed E-state index contributed by atoms with van der Waals surface area (Å²) in [4.78, 5) is 22.9. The molecular weight excluding hydrogens is 276 g/mol. The van der Waals surface area contributed by atoms with Gasteiger partial charge in [-0.25, -0.2) is 4.79 Å². The van der Waals surface area contributed by atoms with Crippen molar-refractivity contribution in [2.75, 3.05) is 6.26 Å². The number of rotatable bonds is 4. The van der Waals surface area contributed by atoms with Gasteiger partial charge in [0.25, 0.3) is 0 Å². The van der Waals surface area contributed by atoms with E-state index >= 15 is 0 Å². The zero-order valence-corrected chi connectivity index (χ0v) is 12.7. The molecule has 0 spiro atoms. The number of thioether (sulfide) groups is 1. The van der Waals surface area contributed by atoms with E-state index in [4.69, 9.17) is 5.11 Å². The molecule has 2 aliphatic rings. The van der Waals surface area contributed by atoms with Crippen LogP contribution in [0.4, 0.5) is 4.79 Å². The van der Waals surface area contributed by atoms with Crippen molar-refractivity contribution in [3.8, 4) is 0 Å². The summed E-state index contributed by atoms with van der Waals surface area (Å²) >= 11 is 1.88. The van der Waals surface area contributed by atoms with Gasteiger partial charge in [-0.3, -0.25) is 4.79 Å². The Bertz CT molecular complexity index is 364. The molecule has 0 aliphatic heterocycles. The van der Waals surface area contributed by atoms with Crippen molar-refractivity contribution in [1.29, 1.82) is 0 Å². The molecule has 4 atom stereocenters. The number of amides is 2. The largest absolute Gasteiger partial charge is 0.481 e. The predicted octanol–water partition coefficient (Wildman–Crippen LogP) is 2.21. The van der Waals surface area contributed by atoms with Crippen LogP contribution >= 0.6 is 11.8 Å². The van der Waals surface area contributed by atoms with Crippen LogP contribution in [0.3, 0.4) is 0 Å². The second-order valence-corrected chi connectivity index (χ2v) is 7.02. The van der Waals surface area contributed by atoms with Crippen molar-refractivity contribution in [2.45, 2.75) is 62.3 Å². The first-order valence-corrected chi connectivity index (χ1v) is 8.70. The summed E-state index contributed by atoms with van der Waals surface area (Å²) in [7, 11) is 0. The van der Waals surface area contributed by atoms with Gasteiger partial charge in [-0.15, -0.1) is 0 Å². The van der Waals surface area contributed by atoms with Crippen LogP contribution in [0.1, 0.15) is 44.9 Å². The van der Waals surface area contributed by atoms with E-state index in [1.54, 1.807) is 0 Å². The quantitative estimate of drug-likeness (QED) is 0.744. The average molecular weight is 300 g/mol. The number of carbonyl (C=O) groups excluding carboxylic acids is 1. The first kappa shape index (κ1) is 15.5. The van der Waals surface area contributed by atoms with Gasteiger partial charge in [-0.05, 0) is 44.8 Å². The van der Waals surface area contributed by atoms with Gasteiger partial charge in [0.1, 0.15) is 0 Å². The molecule has 5 nitrogen and oxygen atoms in total. The Morgan fingerprint density at radius 2 is 1.75 bits per heavy atom. The molecule has 0 saturated heterocycles. The highest BCUT2D eigenvalue weighted by Crippen LogP contribution is 2.27. The summed E-state index contributed by atoms with van der Waals surface area (Å²) in [5, 5.41) is 15.6. The average Bonchev–Trinajstić information content (AvgIpc) is 2.87. The molecule has 0 aromatic heterocycles. The fraction of sp³-hybridized carbons (Fsp3) is 0.857. The first-order chi connectivity index (χ1) is 9.58. The van der Waals surface area contributed by atoms with Crippen LogP contribution in [0.15, 0.2) is 0 Å². The van der Waals surface area contributed by atoms with Crippen molar-refractivity contribution in [3.63, 3.8) is 0 Å². The summed E-state index contributed by atoms with van der Waals surface area (Å²) in [6.07, 6.45) is 8.61. The number of carboxylic acid groups (broad SMARTS) is 1. The van der Waals surface area contributed by atoms with E-state index in [9.17, 15) is 9.59 Å². The highest BCUT2D eigenvalue weighted by Gasteiger charge is 2.31. The summed E-state index contributed by atoms with van der Waals surface area (Å²) in [5.41, 5.74) is 0. The summed E-state index contributed by atoms with van der Waals surface area (Å²) in [6, 6.07) is 0.140. The zero-order chi connectivity index (χ0) is 14.5. The van der Waals surface area contributed by atoms with Crippen molar-refractivity contribution in [1.82, 2.24) is 10.6 Å². The standard InChI is InChI=1S/C14H24N2O3S/c1-20-12-4-2-3-10(8-12)15-14(19)16-11-6-5-9(7-11)13(17)18/h9-12H,2-8H2,1H3,(H,17,18)(H2,15,16,19)/t9-,10?,11+,12?/m1/s1. The Hall–Kier alpha value is -0.910. The monoisotopic (exact) mass is 300 g/mol. The molecule has 20 heavy (non-hydrogen) atoms. The second-order valence-electron chi connectivity index (χ2n) is 5.88. The Labute approximate surface area is 124 Å². The first-order valence-electron chi connectivity index (χ1n) is 7.41. The second kappa shape index (κ2) is 7.20. The molecule has 0 radical (unpaired) electrons. The molecule has 2 amide bonds. The molecule has 3 N–H and O–H groups in total. The normalized spacial score (nSPS) is 33.6. The lowest BCUT2D eigenvalue weighted by molar-refractivity contribution is -0.141. The molecule has 2 saturated carbocycles. The van der Waals surface area contributed by atoms with Crippen LogP contribution in [0.5, 0.6) is 0 Å². The van der Waals surface area contributed by atoms with Crippen molar-refractivity contribution < 1.29 is 14.7 Å². The lowest BCUT2D eigenvalue weighted by atomic mass is 9.95. The molecule has 0 aromatic carbocycles. The van der Waals surface area contributed by atoms with Gasteiger partial charge in [-0.2, -0.15) is 11.8 Å². The van der Waals surface area contributed by atoms with Crippen LogP contribution in [-0.2, 0) is 4.79 Å². The Morgan fingerprint density at radius 3 is 2.35 bits per heavy atom. The van der Waals surface area contributed by atoms with Crippen molar-refractivity contribution in [2.24, 2.45) is 5.92 Å². The minimum atomic E-state index is -0.746. The van der Waals surface area contributed by atoms with E-state index in [2.05, 4.69) is 16.9 Å². The summed E-state index contributed by atoms with van der Waals surface area (Å²) < 4.78 is 0. The predicted molar refractivity (Wildman–Crippen MR) is 80.0 cm³/mol. The van der Waals surface area contributed by atoms with Gasteiger partial charge in [0.05, 0.1) is 5.92 Å². The molecular formula is C14H24N2O3S.